The molecule has 0 radical (unpaired) electrons. The van der Waals surface area contributed by atoms with E-state index in [0.29, 0.717) is 0 Å². The molecular formula is C48H28OS. The molecule has 232 valence electrons. The van der Waals surface area contributed by atoms with Gasteiger partial charge in [0, 0.05) is 30.9 Å². The predicted molar refractivity (Wildman–Crippen MR) is 215 cm³/mol. The SMILES string of the molecule is c1ccc2cc(-c3c4ccccc4c(-c4ccc(-c5ccc6c(c5)oc5ccc7c8ccccc8sc7c56)cc4)c4ccccc34)ccc2c1. The summed E-state index contributed by atoms with van der Waals surface area (Å²) in [5.41, 5.74) is 9.20. The summed E-state index contributed by atoms with van der Waals surface area (Å²) >= 11 is 1.85. The van der Waals surface area contributed by atoms with E-state index >= 15 is 0 Å². The molecule has 2 heterocycles. The van der Waals surface area contributed by atoms with E-state index < -0.39 is 0 Å². The van der Waals surface area contributed by atoms with Crippen molar-refractivity contribution in [3.63, 3.8) is 0 Å². The Morgan fingerprint density at radius 1 is 0.340 bits per heavy atom. The van der Waals surface area contributed by atoms with Crippen molar-refractivity contribution in [2.75, 3.05) is 0 Å². The minimum atomic E-state index is 0.924. The number of fused-ring (bicyclic) bond motifs is 10. The Hall–Kier alpha value is -6.22. The highest BCUT2D eigenvalue weighted by atomic mass is 32.1. The third-order valence-corrected chi connectivity index (χ3v) is 11.7. The van der Waals surface area contributed by atoms with Crippen LogP contribution < -0.4 is 0 Å². The maximum Gasteiger partial charge on any atom is 0.136 e. The van der Waals surface area contributed by atoms with Gasteiger partial charge in [0.2, 0.25) is 0 Å². The van der Waals surface area contributed by atoms with Gasteiger partial charge in [-0.25, -0.2) is 0 Å². The lowest BCUT2D eigenvalue weighted by molar-refractivity contribution is 0.669. The van der Waals surface area contributed by atoms with E-state index in [1.165, 1.54) is 91.1 Å². The number of thiophene rings is 1. The molecule has 0 spiro atoms. The van der Waals surface area contributed by atoms with Crippen molar-refractivity contribution < 1.29 is 4.42 Å². The molecule has 1 nitrogen and oxygen atoms in total. The molecule has 0 saturated heterocycles. The summed E-state index contributed by atoms with van der Waals surface area (Å²) in [5, 5.41) is 12.6. The van der Waals surface area contributed by atoms with Gasteiger partial charge in [-0.15, -0.1) is 11.3 Å². The predicted octanol–water partition coefficient (Wildman–Crippen LogP) is 14.4. The fourth-order valence-corrected chi connectivity index (χ4v) is 9.40. The second kappa shape index (κ2) is 10.6. The fourth-order valence-electron chi connectivity index (χ4n) is 8.15. The van der Waals surface area contributed by atoms with E-state index in [1.807, 2.05) is 11.3 Å². The lowest BCUT2D eigenvalue weighted by Gasteiger charge is -2.18. The van der Waals surface area contributed by atoms with Crippen LogP contribution in [0.25, 0.3) is 108 Å². The van der Waals surface area contributed by atoms with Crippen molar-refractivity contribution in [2.24, 2.45) is 0 Å². The summed E-state index contributed by atoms with van der Waals surface area (Å²) in [7, 11) is 0. The molecule has 2 aromatic heterocycles. The van der Waals surface area contributed by atoms with Gasteiger partial charge in [-0.2, -0.15) is 0 Å². The monoisotopic (exact) mass is 652 g/mol. The molecule has 0 atom stereocenters. The first kappa shape index (κ1) is 27.7. The summed E-state index contributed by atoms with van der Waals surface area (Å²) in [4.78, 5) is 0. The molecule has 9 aromatic carbocycles. The molecule has 11 rings (SSSR count). The molecule has 2 heteroatoms. The van der Waals surface area contributed by atoms with Gasteiger partial charge in [0.25, 0.3) is 0 Å². The average Bonchev–Trinajstić information content (AvgIpc) is 3.75. The molecule has 0 bridgehead atoms. The largest absolute Gasteiger partial charge is 0.456 e. The first-order valence-electron chi connectivity index (χ1n) is 17.1. The Balaban J connectivity index is 1.05. The van der Waals surface area contributed by atoms with Crippen molar-refractivity contribution in [2.45, 2.75) is 0 Å². The van der Waals surface area contributed by atoms with E-state index in [-0.39, 0.29) is 0 Å². The number of hydrogen-bond donors (Lipinski definition) is 0. The lowest BCUT2D eigenvalue weighted by Crippen LogP contribution is -1.91. The van der Waals surface area contributed by atoms with Crippen molar-refractivity contribution >= 4 is 85.8 Å². The highest BCUT2D eigenvalue weighted by Crippen LogP contribution is 2.45. The van der Waals surface area contributed by atoms with Crippen molar-refractivity contribution in [3.8, 4) is 33.4 Å². The molecule has 11 aromatic rings. The highest BCUT2D eigenvalue weighted by Gasteiger charge is 2.18. The topological polar surface area (TPSA) is 13.1 Å². The summed E-state index contributed by atoms with van der Waals surface area (Å²) < 4.78 is 9.09. The molecule has 0 fully saturated rings. The normalized spacial score (nSPS) is 12.0. The lowest BCUT2D eigenvalue weighted by atomic mass is 9.85. The maximum atomic E-state index is 6.49. The Morgan fingerprint density at radius 2 is 0.900 bits per heavy atom. The van der Waals surface area contributed by atoms with Crippen molar-refractivity contribution in [1.82, 2.24) is 0 Å². The van der Waals surface area contributed by atoms with Crippen LogP contribution in [0.1, 0.15) is 0 Å². The van der Waals surface area contributed by atoms with Crippen LogP contribution in [0, 0.1) is 0 Å². The molecule has 50 heavy (non-hydrogen) atoms. The van der Waals surface area contributed by atoms with Gasteiger partial charge in [-0.1, -0.05) is 133 Å². The maximum absolute atomic E-state index is 6.49. The third-order valence-electron chi connectivity index (χ3n) is 10.5. The number of rotatable bonds is 3. The van der Waals surface area contributed by atoms with E-state index in [4.69, 9.17) is 4.42 Å². The van der Waals surface area contributed by atoms with Crippen molar-refractivity contribution in [3.05, 3.63) is 170 Å². The molecular weight excluding hydrogens is 625 g/mol. The van der Waals surface area contributed by atoms with E-state index in [2.05, 4.69) is 170 Å². The molecule has 0 aliphatic carbocycles. The van der Waals surface area contributed by atoms with Gasteiger partial charge in [0.05, 0.1) is 0 Å². The zero-order valence-electron chi connectivity index (χ0n) is 27.0. The van der Waals surface area contributed by atoms with Gasteiger partial charge in [-0.3, -0.25) is 0 Å². The van der Waals surface area contributed by atoms with Gasteiger partial charge in [-0.05, 0) is 102 Å². The summed E-state index contributed by atoms with van der Waals surface area (Å²) in [6, 6.07) is 62.0. The Labute approximate surface area is 292 Å². The van der Waals surface area contributed by atoms with Crippen LogP contribution in [-0.4, -0.2) is 0 Å². The third kappa shape index (κ3) is 4.06. The second-order valence-electron chi connectivity index (χ2n) is 13.2. The molecule has 0 aliphatic heterocycles. The van der Waals surface area contributed by atoms with E-state index in [1.54, 1.807) is 0 Å². The minimum Gasteiger partial charge on any atom is -0.456 e. The zero-order chi connectivity index (χ0) is 32.8. The Kier molecular flexibility index (Phi) is 5.89. The van der Waals surface area contributed by atoms with Crippen LogP contribution in [0.15, 0.2) is 174 Å². The number of benzene rings is 9. The van der Waals surface area contributed by atoms with Crippen molar-refractivity contribution in [1.29, 1.82) is 0 Å². The number of furan rings is 1. The van der Waals surface area contributed by atoms with Crippen LogP contribution >= 0.6 is 11.3 Å². The van der Waals surface area contributed by atoms with Crippen LogP contribution in [0.2, 0.25) is 0 Å². The van der Waals surface area contributed by atoms with Gasteiger partial charge in [0.15, 0.2) is 0 Å². The Morgan fingerprint density at radius 3 is 1.64 bits per heavy atom. The molecule has 0 unspecified atom stereocenters. The van der Waals surface area contributed by atoms with Crippen LogP contribution in [0.4, 0.5) is 0 Å². The molecule has 0 aliphatic rings. The smallest absolute Gasteiger partial charge is 0.136 e. The molecule has 0 saturated carbocycles. The minimum absolute atomic E-state index is 0.924. The summed E-state index contributed by atoms with van der Waals surface area (Å²) in [6.07, 6.45) is 0. The van der Waals surface area contributed by atoms with Crippen LogP contribution in [0.5, 0.6) is 0 Å². The van der Waals surface area contributed by atoms with Crippen LogP contribution in [0.3, 0.4) is 0 Å². The standard InChI is InChI=1S/C48H28OS/c1-2-10-32-27-34(22-19-29(32)9-1)46-38-14-5-3-12-36(38)45(37-13-4-6-15-39(37)46)31-20-17-30(18-21-31)33-23-24-41-43(28-33)49-42-26-25-40-35-11-7-8-16-44(35)50-48(40)47(41)42/h1-28H. The Bertz CT molecular complexity index is 3080. The second-order valence-corrected chi connectivity index (χ2v) is 14.3. The summed E-state index contributed by atoms with van der Waals surface area (Å²) in [5.74, 6) is 0. The van der Waals surface area contributed by atoms with E-state index in [9.17, 15) is 0 Å². The van der Waals surface area contributed by atoms with Gasteiger partial charge in [0.1, 0.15) is 11.2 Å². The van der Waals surface area contributed by atoms with Crippen LogP contribution in [-0.2, 0) is 0 Å². The average molecular weight is 653 g/mol. The summed E-state index contributed by atoms with van der Waals surface area (Å²) in [6.45, 7) is 0. The number of hydrogen-bond acceptors (Lipinski definition) is 2. The quantitative estimate of drug-likeness (QED) is 0.173. The fraction of sp³-hybridized carbons (Fsp3) is 0. The zero-order valence-corrected chi connectivity index (χ0v) is 27.8. The van der Waals surface area contributed by atoms with Gasteiger partial charge < -0.3 is 4.42 Å². The van der Waals surface area contributed by atoms with E-state index in [0.717, 1.165) is 16.7 Å². The first-order valence-corrected chi connectivity index (χ1v) is 17.9. The molecule has 0 N–H and O–H groups in total. The molecule has 0 amide bonds. The van der Waals surface area contributed by atoms with Gasteiger partial charge >= 0.3 is 0 Å². The highest BCUT2D eigenvalue weighted by molar-refractivity contribution is 7.26. The first-order chi connectivity index (χ1) is 24.8.